The van der Waals surface area contributed by atoms with Gasteiger partial charge < -0.3 is 10.5 Å². The van der Waals surface area contributed by atoms with Crippen LogP contribution in [0.2, 0.25) is 0 Å². The van der Waals surface area contributed by atoms with Gasteiger partial charge >= 0.3 is 0 Å². The average Bonchev–Trinajstić information content (AvgIpc) is 2.74. The summed E-state index contributed by atoms with van der Waals surface area (Å²) in [6.45, 7) is 2.65. The van der Waals surface area contributed by atoms with Crippen molar-refractivity contribution in [2.75, 3.05) is 25.9 Å². The van der Waals surface area contributed by atoms with Crippen LogP contribution in [0.4, 0.5) is 5.69 Å². The third-order valence-electron chi connectivity index (χ3n) is 2.88. The van der Waals surface area contributed by atoms with Crippen LogP contribution in [0.25, 0.3) is 0 Å². The summed E-state index contributed by atoms with van der Waals surface area (Å²) in [5.74, 6) is 0. The summed E-state index contributed by atoms with van der Waals surface area (Å²) in [6, 6.07) is 3.75. The van der Waals surface area contributed by atoms with E-state index in [-0.39, 0.29) is 0 Å². The van der Waals surface area contributed by atoms with Crippen LogP contribution in [0.1, 0.15) is 18.5 Å². The van der Waals surface area contributed by atoms with Gasteiger partial charge in [-0.2, -0.15) is 0 Å². The zero-order chi connectivity index (χ0) is 11.4. The first-order valence-electron chi connectivity index (χ1n) is 5.75. The maximum atomic E-state index is 5.86. The molecule has 2 heterocycles. The van der Waals surface area contributed by atoms with Gasteiger partial charge in [0, 0.05) is 25.9 Å². The van der Waals surface area contributed by atoms with Crippen molar-refractivity contribution >= 4 is 5.69 Å². The van der Waals surface area contributed by atoms with Gasteiger partial charge in [0.15, 0.2) is 0 Å². The summed E-state index contributed by atoms with van der Waals surface area (Å²) < 4.78 is 5.60. The topological polar surface area (TPSA) is 51.4 Å². The van der Waals surface area contributed by atoms with Gasteiger partial charge in [0.2, 0.25) is 0 Å². The van der Waals surface area contributed by atoms with E-state index in [9.17, 15) is 0 Å². The summed E-state index contributed by atoms with van der Waals surface area (Å²) in [4.78, 5) is 6.50. The lowest BCUT2D eigenvalue weighted by atomic mass is 10.2. The number of ether oxygens (including phenoxy) is 1. The van der Waals surface area contributed by atoms with Gasteiger partial charge in [-0.1, -0.05) is 0 Å². The fourth-order valence-electron chi connectivity index (χ4n) is 2.04. The van der Waals surface area contributed by atoms with Gasteiger partial charge in [-0.05, 0) is 32.0 Å². The molecule has 2 rings (SSSR count). The Bertz CT molecular complexity index is 337. The summed E-state index contributed by atoms with van der Waals surface area (Å²) in [5, 5.41) is 0. The van der Waals surface area contributed by atoms with Crippen molar-refractivity contribution in [1.82, 2.24) is 9.88 Å². The molecule has 1 aliphatic heterocycles. The third-order valence-corrected chi connectivity index (χ3v) is 2.88. The number of nitrogens with two attached hydrogens (primary N) is 1. The maximum Gasteiger partial charge on any atom is 0.0772 e. The Labute approximate surface area is 96.4 Å². The molecule has 0 amide bonds. The average molecular weight is 221 g/mol. The predicted octanol–water partition coefficient (Wildman–Crippen LogP) is 1.27. The highest BCUT2D eigenvalue weighted by molar-refractivity contribution is 5.41. The van der Waals surface area contributed by atoms with Crippen LogP contribution in [0.3, 0.4) is 0 Å². The fraction of sp³-hybridized carbons (Fsp3) is 0.583. The molecule has 1 aromatic rings. The van der Waals surface area contributed by atoms with Crippen LogP contribution >= 0.6 is 0 Å². The molecule has 4 nitrogen and oxygen atoms in total. The highest BCUT2D eigenvalue weighted by Crippen LogP contribution is 2.15. The number of pyridine rings is 1. The molecule has 0 radical (unpaired) electrons. The quantitative estimate of drug-likeness (QED) is 0.832. The van der Waals surface area contributed by atoms with Crippen LogP contribution in [0, 0.1) is 0 Å². The van der Waals surface area contributed by atoms with E-state index in [1.807, 2.05) is 12.1 Å². The van der Waals surface area contributed by atoms with Crippen molar-refractivity contribution in [3.8, 4) is 0 Å². The van der Waals surface area contributed by atoms with E-state index in [1.54, 1.807) is 6.20 Å². The summed E-state index contributed by atoms with van der Waals surface area (Å²) >= 11 is 0. The van der Waals surface area contributed by atoms with Crippen molar-refractivity contribution in [3.63, 3.8) is 0 Å². The van der Waals surface area contributed by atoms with Gasteiger partial charge in [0.1, 0.15) is 0 Å². The number of anilines is 1. The minimum absolute atomic E-state index is 0.384. The molecule has 0 spiro atoms. The molecule has 1 aliphatic rings. The highest BCUT2D eigenvalue weighted by Gasteiger charge is 2.17. The summed E-state index contributed by atoms with van der Waals surface area (Å²) in [6.07, 6.45) is 4.52. The Morgan fingerprint density at radius 1 is 1.62 bits per heavy atom. The molecule has 16 heavy (non-hydrogen) atoms. The second-order valence-corrected chi connectivity index (χ2v) is 4.37. The lowest BCUT2D eigenvalue weighted by Gasteiger charge is -2.20. The molecule has 1 saturated heterocycles. The van der Waals surface area contributed by atoms with Gasteiger partial charge in [0.05, 0.1) is 17.5 Å². The number of likely N-dealkylation sites (N-methyl/N-ethyl adjacent to an activating group) is 1. The Morgan fingerprint density at radius 3 is 3.19 bits per heavy atom. The normalized spacial score (nSPS) is 20.5. The smallest absolute Gasteiger partial charge is 0.0772 e. The molecule has 0 aliphatic carbocycles. The predicted molar refractivity (Wildman–Crippen MR) is 64.0 cm³/mol. The van der Waals surface area contributed by atoms with Crippen molar-refractivity contribution in [2.24, 2.45) is 0 Å². The van der Waals surface area contributed by atoms with E-state index in [4.69, 9.17) is 10.5 Å². The first-order valence-corrected chi connectivity index (χ1v) is 5.75. The maximum absolute atomic E-state index is 5.86. The van der Waals surface area contributed by atoms with E-state index in [1.165, 1.54) is 12.8 Å². The third kappa shape index (κ3) is 2.93. The zero-order valence-corrected chi connectivity index (χ0v) is 9.72. The van der Waals surface area contributed by atoms with Gasteiger partial charge in [-0.15, -0.1) is 0 Å². The minimum Gasteiger partial charge on any atom is -0.397 e. The van der Waals surface area contributed by atoms with Crippen molar-refractivity contribution in [2.45, 2.75) is 25.5 Å². The SMILES string of the molecule is CN(Cc1ncccc1N)CC1CCCO1. The van der Waals surface area contributed by atoms with E-state index in [0.29, 0.717) is 6.10 Å². The van der Waals surface area contributed by atoms with Crippen LogP contribution < -0.4 is 5.73 Å². The van der Waals surface area contributed by atoms with Gasteiger partial charge in [0.25, 0.3) is 0 Å². The van der Waals surface area contributed by atoms with Crippen LogP contribution in [-0.4, -0.2) is 36.2 Å². The second kappa shape index (κ2) is 5.27. The fourth-order valence-corrected chi connectivity index (χ4v) is 2.04. The molecule has 0 saturated carbocycles. The highest BCUT2D eigenvalue weighted by atomic mass is 16.5. The second-order valence-electron chi connectivity index (χ2n) is 4.37. The molecule has 1 aromatic heterocycles. The lowest BCUT2D eigenvalue weighted by molar-refractivity contribution is 0.0790. The molecular weight excluding hydrogens is 202 g/mol. The molecule has 1 fully saturated rings. The number of nitrogens with zero attached hydrogens (tertiary/aromatic N) is 2. The van der Waals surface area contributed by atoms with Gasteiger partial charge in [-0.3, -0.25) is 9.88 Å². The molecule has 0 aromatic carbocycles. The standard InChI is InChI=1S/C12H19N3O/c1-15(8-10-4-3-7-16-10)9-12-11(13)5-2-6-14-12/h2,5-6,10H,3-4,7-9,13H2,1H3. The Hall–Kier alpha value is -1.13. The number of nitrogen functional groups attached to an aromatic ring is 1. The largest absolute Gasteiger partial charge is 0.397 e. The van der Waals surface area contributed by atoms with Crippen molar-refractivity contribution in [3.05, 3.63) is 24.0 Å². The first-order chi connectivity index (χ1) is 7.75. The Kier molecular flexibility index (Phi) is 3.74. The molecule has 1 atom stereocenters. The lowest BCUT2D eigenvalue weighted by Crippen LogP contribution is -2.28. The van der Waals surface area contributed by atoms with Gasteiger partial charge in [-0.25, -0.2) is 0 Å². The monoisotopic (exact) mass is 221 g/mol. The van der Waals surface area contributed by atoms with E-state index in [2.05, 4.69) is 16.9 Å². The van der Waals surface area contributed by atoms with E-state index < -0.39 is 0 Å². The molecule has 4 heteroatoms. The zero-order valence-electron chi connectivity index (χ0n) is 9.72. The number of hydrogen-bond donors (Lipinski definition) is 1. The van der Waals surface area contributed by atoms with Crippen molar-refractivity contribution in [1.29, 1.82) is 0 Å². The van der Waals surface area contributed by atoms with Crippen molar-refractivity contribution < 1.29 is 4.74 Å². The van der Waals surface area contributed by atoms with Crippen LogP contribution in [-0.2, 0) is 11.3 Å². The molecule has 2 N–H and O–H groups in total. The Balaban J connectivity index is 1.86. The minimum atomic E-state index is 0.384. The van der Waals surface area contributed by atoms with Crippen LogP contribution in [0.15, 0.2) is 18.3 Å². The number of hydrogen-bond acceptors (Lipinski definition) is 4. The number of aromatic nitrogens is 1. The summed E-state index contributed by atoms with van der Waals surface area (Å²) in [7, 11) is 2.08. The first kappa shape index (κ1) is 11.4. The molecule has 0 bridgehead atoms. The molecular formula is C12H19N3O. The van der Waals surface area contributed by atoms with Crippen LogP contribution in [0.5, 0.6) is 0 Å². The Morgan fingerprint density at radius 2 is 2.50 bits per heavy atom. The summed E-state index contributed by atoms with van der Waals surface area (Å²) in [5.41, 5.74) is 7.57. The van der Waals surface area contributed by atoms with E-state index in [0.717, 1.165) is 31.1 Å². The van der Waals surface area contributed by atoms with E-state index >= 15 is 0 Å². The molecule has 1 unspecified atom stereocenters. The molecule has 88 valence electrons. The number of rotatable bonds is 4.